The molecule has 5 heteroatoms. The van der Waals surface area contributed by atoms with E-state index < -0.39 is 0 Å². The number of ether oxygens (including phenoxy) is 2. The Morgan fingerprint density at radius 3 is 2.20 bits per heavy atom. The number of rotatable bonds is 6. The minimum atomic E-state index is -0.166. The number of nitrogens with zero attached hydrogens (tertiary/aromatic N) is 2. The summed E-state index contributed by atoms with van der Waals surface area (Å²) < 4.78 is 10.7. The normalized spacial score (nSPS) is 14.7. The molecule has 0 N–H and O–H groups in total. The lowest BCUT2D eigenvalue weighted by Crippen LogP contribution is -2.32. The van der Waals surface area contributed by atoms with Crippen molar-refractivity contribution in [2.75, 3.05) is 18.6 Å². The summed E-state index contributed by atoms with van der Waals surface area (Å²) in [6, 6.07) is 24.7. The van der Waals surface area contributed by atoms with Crippen molar-refractivity contribution in [3.63, 3.8) is 0 Å². The van der Waals surface area contributed by atoms with Crippen LogP contribution in [0.2, 0.25) is 0 Å². The van der Waals surface area contributed by atoms with Gasteiger partial charge in [-0.2, -0.15) is 0 Å². The summed E-state index contributed by atoms with van der Waals surface area (Å²) in [5.41, 5.74) is 2.87. The Morgan fingerprint density at radius 2 is 1.57 bits per heavy atom. The highest BCUT2D eigenvalue weighted by Crippen LogP contribution is 2.28. The monoisotopic (exact) mass is 398 g/mol. The zero-order valence-corrected chi connectivity index (χ0v) is 16.9. The molecule has 0 aliphatic carbocycles. The fourth-order valence-corrected chi connectivity index (χ4v) is 3.25. The fraction of sp³-hybridized carbons (Fsp3) is 0.120. The molecule has 0 bridgehead atoms. The Kier molecular flexibility index (Phi) is 5.61. The van der Waals surface area contributed by atoms with Crippen LogP contribution in [0.25, 0.3) is 6.08 Å². The molecule has 0 aromatic heterocycles. The van der Waals surface area contributed by atoms with Crippen LogP contribution in [0.1, 0.15) is 18.1 Å². The zero-order chi connectivity index (χ0) is 20.9. The van der Waals surface area contributed by atoms with Gasteiger partial charge in [0.2, 0.25) is 0 Å². The second kappa shape index (κ2) is 8.66. The Morgan fingerprint density at radius 1 is 0.900 bits per heavy atom. The van der Waals surface area contributed by atoms with E-state index in [-0.39, 0.29) is 5.91 Å². The quantitative estimate of drug-likeness (QED) is 0.553. The largest absolute Gasteiger partial charge is 0.497 e. The van der Waals surface area contributed by atoms with Gasteiger partial charge >= 0.3 is 0 Å². The topological polar surface area (TPSA) is 51.1 Å². The number of carbonyl (C=O) groups is 1. The summed E-state index contributed by atoms with van der Waals surface area (Å²) in [7, 11) is 1.62. The van der Waals surface area contributed by atoms with E-state index in [1.54, 1.807) is 18.1 Å². The molecule has 0 spiro atoms. The SMILES string of the molecule is CCOc1ccc(/C=C2/N=C(c3ccc(OC)cc3)N(c3ccccc3)C2=O)cc1. The number of amides is 1. The molecule has 3 aromatic carbocycles. The average Bonchev–Trinajstić information content (AvgIpc) is 3.12. The molecule has 0 fully saturated rings. The second-order valence-corrected chi connectivity index (χ2v) is 6.67. The van der Waals surface area contributed by atoms with Gasteiger partial charge in [-0.1, -0.05) is 30.3 Å². The number of benzene rings is 3. The number of hydrogen-bond acceptors (Lipinski definition) is 4. The van der Waals surface area contributed by atoms with Crippen LogP contribution in [-0.2, 0) is 4.79 Å². The van der Waals surface area contributed by atoms with Crippen molar-refractivity contribution < 1.29 is 14.3 Å². The first-order valence-corrected chi connectivity index (χ1v) is 9.77. The van der Waals surface area contributed by atoms with Crippen molar-refractivity contribution in [2.24, 2.45) is 4.99 Å². The molecule has 1 amide bonds. The molecular weight excluding hydrogens is 376 g/mol. The predicted octanol–water partition coefficient (Wildman–Crippen LogP) is 4.93. The molecule has 4 rings (SSSR count). The van der Waals surface area contributed by atoms with Crippen LogP contribution in [0.3, 0.4) is 0 Å². The molecular formula is C25H22N2O3. The number of para-hydroxylation sites is 1. The predicted molar refractivity (Wildman–Crippen MR) is 119 cm³/mol. The van der Waals surface area contributed by atoms with Gasteiger partial charge in [0, 0.05) is 5.56 Å². The van der Waals surface area contributed by atoms with Crippen molar-refractivity contribution in [1.29, 1.82) is 0 Å². The van der Waals surface area contributed by atoms with Gasteiger partial charge in [0.25, 0.3) is 5.91 Å². The molecule has 0 saturated heterocycles. The van der Waals surface area contributed by atoms with Gasteiger partial charge < -0.3 is 9.47 Å². The fourth-order valence-electron chi connectivity index (χ4n) is 3.25. The lowest BCUT2D eigenvalue weighted by Gasteiger charge is -2.18. The Balaban J connectivity index is 1.74. The number of hydrogen-bond donors (Lipinski definition) is 0. The summed E-state index contributed by atoms with van der Waals surface area (Å²) >= 11 is 0. The van der Waals surface area contributed by atoms with Crippen LogP contribution in [0, 0.1) is 0 Å². The van der Waals surface area contributed by atoms with E-state index in [2.05, 4.69) is 4.99 Å². The molecule has 0 atom stereocenters. The summed E-state index contributed by atoms with van der Waals surface area (Å²) in [6.07, 6.45) is 1.80. The third-order valence-electron chi connectivity index (χ3n) is 4.72. The minimum Gasteiger partial charge on any atom is -0.497 e. The number of aliphatic imine (C=N–C) groups is 1. The van der Waals surface area contributed by atoms with Crippen LogP contribution in [0.15, 0.2) is 89.6 Å². The van der Waals surface area contributed by atoms with Crippen LogP contribution in [0.4, 0.5) is 5.69 Å². The molecule has 30 heavy (non-hydrogen) atoms. The molecule has 5 nitrogen and oxygen atoms in total. The summed E-state index contributed by atoms with van der Waals surface area (Å²) in [5, 5.41) is 0. The maximum absolute atomic E-state index is 13.3. The van der Waals surface area contributed by atoms with E-state index in [0.29, 0.717) is 18.1 Å². The molecule has 3 aromatic rings. The first kappa shape index (κ1) is 19.5. The van der Waals surface area contributed by atoms with Gasteiger partial charge in [0.1, 0.15) is 23.0 Å². The molecule has 1 heterocycles. The molecule has 1 aliphatic rings. The second-order valence-electron chi connectivity index (χ2n) is 6.67. The third-order valence-corrected chi connectivity index (χ3v) is 4.72. The maximum atomic E-state index is 13.3. The molecule has 0 unspecified atom stereocenters. The maximum Gasteiger partial charge on any atom is 0.282 e. The first-order valence-electron chi connectivity index (χ1n) is 9.77. The van der Waals surface area contributed by atoms with Gasteiger partial charge in [-0.05, 0) is 67.1 Å². The smallest absolute Gasteiger partial charge is 0.282 e. The van der Waals surface area contributed by atoms with Crippen molar-refractivity contribution in [3.8, 4) is 11.5 Å². The van der Waals surface area contributed by atoms with Crippen molar-refractivity contribution in [3.05, 3.63) is 95.7 Å². The van der Waals surface area contributed by atoms with E-state index in [9.17, 15) is 4.79 Å². The van der Waals surface area contributed by atoms with Crippen LogP contribution < -0.4 is 14.4 Å². The third kappa shape index (κ3) is 3.96. The lowest BCUT2D eigenvalue weighted by atomic mass is 10.1. The standard InChI is InChI=1S/C25H22N2O3/c1-3-30-22-13-9-18(10-14-22)17-23-25(28)27(20-7-5-4-6-8-20)24(26-23)19-11-15-21(29-2)16-12-19/h4-17H,3H2,1-2H3/b23-17+. The number of anilines is 1. The van der Waals surface area contributed by atoms with Gasteiger partial charge in [0.05, 0.1) is 19.4 Å². The summed E-state index contributed by atoms with van der Waals surface area (Å²) in [4.78, 5) is 19.6. The van der Waals surface area contributed by atoms with Crippen molar-refractivity contribution in [1.82, 2.24) is 0 Å². The van der Waals surface area contributed by atoms with Crippen LogP contribution in [0.5, 0.6) is 11.5 Å². The van der Waals surface area contributed by atoms with Crippen molar-refractivity contribution in [2.45, 2.75) is 6.92 Å². The van der Waals surface area contributed by atoms with Crippen molar-refractivity contribution >= 4 is 23.5 Å². The van der Waals surface area contributed by atoms with Gasteiger partial charge in [-0.15, -0.1) is 0 Å². The van der Waals surface area contributed by atoms with Gasteiger partial charge in [0.15, 0.2) is 0 Å². The van der Waals surface area contributed by atoms with Crippen LogP contribution in [-0.4, -0.2) is 25.5 Å². The Bertz CT molecular complexity index is 1090. The lowest BCUT2D eigenvalue weighted by molar-refractivity contribution is -0.113. The summed E-state index contributed by atoms with van der Waals surface area (Å²) in [5.74, 6) is 1.97. The average molecular weight is 398 g/mol. The highest BCUT2D eigenvalue weighted by Gasteiger charge is 2.32. The number of amidine groups is 1. The van der Waals surface area contributed by atoms with Gasteiger partial charge in [-0.25, -0.2) is 4.99 Å². The highest BCUT2D eigenvalue weighted by atomic mass is 16.5. The molecule has 0 saturated carbocycles. The Hall–Kier alpha value is -3.86. The molecule has 1 aliphatic heterocycles. The highest BCUT2D eigenvalue weighted by molar-refractivity contribution is 6.33. The van der Waals surface area contributed by atoms with E-state index in [1.165, 1.54) is 0 Å². The first-order chi connectivity index (χ1) is 14.7. The van der Waals surface area contributed by atoms with Crippen LogP contribution >= 0.6 is 0 Å². The van der Waals surface area contributed by atoms with Gasteiger partial charge in [-0.3, -0.25) is 9.69 Å². The minimum absolute atomic E-state index is 0.166. The summed E-state index contributed by atoms with van der Waals surface area (Å²) in [6.45, 7) is 2.56. The number of carbonyl (C=O) groups excluding carboxylic acids is 1. The molecule has 0 radical (unpaired) electrons. The van der Waals surface area contributed by atoms with E-state index in [4.69, 9.17) is 9.47 Å². The van der Waals surface area contributed by atoms with E-state index in [1.807, 2.05) is 85.8 Å². The zero-order valence-electron chi connectivity index (χ0n) is 16.9. The Labute approximate surface area is 175 Å². The molecule has 150 valence electrons. The van der Waals surface area contributed by atoms with E-state index >= 15 is 0 Å². The van der Waals surface area contributed by atoms with E-state index in [0.717, 1.165) is 28.3 Å². The number of methoxy groups -OCH3 is 1.